The van der Waals surface area contributed by atoms with Gasteiger partial charge < -0.3 is 5.32 Å². The smallest absolute Gasteiger partial charge is 0.0595 e. The highest BCUT2D eigenvalue weighted by atomic mass is 35.5. The summed E-state index contributed by atoms with van der Waals surface area (Å²) in [5, 5.41) is 4.71. The average Bonchev–Trinajstić information content (AvgIpc) is 2.31. The van der Waals surface area contributed by atoms with Crippen molar-refractivity contribution in [2.24, 2.45) is 5.92 Å². The highest BCUT2D eigenvalue weighted by molar-refractivity contribution is 6.42. The van der Waals surface area contributed by atoms with Crippen molar-refractivity contribution in [1.29, 1.82) is 0 Å². The molecule has 0 spiro atoms. The van der Waals surface area contributed by atoms with Gasteiger partial charge in [-0.05, 0) is 49.5 Å². The van der Waals surface area contributed by atoms with Gasteiger partial charge in [0.1, 0.15) is 0 Å². The fourth-order valence-corrected chi connectivity index (χ4v) is 2.35. The zero-order chi connectivity index (χ0) is 12.7. The number of halogens is 2. The summed E-state index contributed by atoms with van der Waals surface area (Å²) in [5.74, 6) is 0.678. The van der Waals surface area contributed by atoms with E-state index in [4.69, 9.17) is 23.2 Å². The maximum atomic E-state index is 6.03. The summed E-state index contributed by atoms with van der Waals surface area (Å²) in [4.78, 5) is 0. The van der Waals surface area contributed by atoms with Gasteiger partial charge in [-0.3, -0.25) is 0 Å². The molecular formula is C14H21Cl2N. The molecule has 0 bridgehead atoms. The molecule has 0 aliphatic rings. The van der Waals surface area contributed by atoms with Crippen LogP contribution >= 0.6 is 23.2 Å². The third-order valence-corrected chi connectivity index (χ3v) is 3.63. The molecule has 0 aromatic heterocycles. The Morgan fingerprint density at radius 1 is 1.18 bits per heavy atom. The van der Waals surface area contributed by atoms with Gasteiger partial charge in [-0.15, -0.1) is 0 Å². The molecule has 1 nitrogen and oxygen atoms in total. The van der Waals surface area contributed by atoms with Crippen LogP contribution in [-0.4, -0.2) is 13.1 Å². The summed E-state index contributed by atoms with van der Waals surface area (Å²) >= 11 is 11.9. The van der Waals surface area contributed by atoms with Gasteiger partial charge in [0.15, 0.2) is 0 Å². The molecule has 3 heteroatoms. The van der Waals surface area contributed by atoms with Crippen molar-refractivity contribution in [3.05, 3.63) is 33.8 Å². The predicted molar refractivity (Wildman–Crippen MR) is 77.1 cm³/mol. The van der Waals surface area contributed by atoms with E-state index < -0.39 is 0 Å². The van der Waals surface area contributed by atoms with E-state index in [0.717, 1.165) is 19.5 Å². The molecule has 1 aromatic carbocycles. The normalized spacial score (nSPS) is 12.7. The molecule has 0 saturated carbocycles. The van der Waals surface area contributed by atoms with E-state index in [1.807, 2.05) is 12.1 Å². The Morgan fingerprint density at radius 2 is 1.94 bits per heavy atom. The topological polar surface area (TPSA) is 12.0 Å². The molecular weight excluding hydrogens is 253 g/mol. The van der Waals surface area contributed by atoms with Crippen LogP contribution < -0.4 is 5.32 Å². The number of hydrogen-bond donors (Lipinski definition) is 1. The van der Waals surface area contributed by atoms with E-state index >= 15 is 0 Å². The van der Waals surface area contributed by atoms with Crippen molar-refractivity contribution in [2.45, 2.75) is 33.1 Å². The first kappa shape index (κ1) is 14.8. The number of hydrogen-bond acceptors (Lipinski definition) is 1. The van der Waals surface area contributed by atoms with Crippen molar-refractivity contribution in [1.82, 2.24) is 5.32 Å². The third kappa shape index (κ3) is 5.29. The monoisotopic (exact) mass is 273 g/mol. The lowest BCUT2D eigenvalue weighted by Crippen LogP contribution is -2.24. The van der Waals surface area contributed by atoms with Gasteiger partial charge in [0.25, 0.3) is 0 Å². The molecule has 1 rings (SSSR count). The molecule has 0 fully saturated rings. The van der Waals surface area contributed by atoms with Gasteiger partial charge in [0.2, 0.25) is 0 Å². The van der Waals surface area contributed by atoms with Crippen molar-refractivity contribution in [2.75, 3.05) is 13.1 Å². The Balaban J connectivity index is 2.61. The molecule has 1 atom stereocenters. The van der Waals surface area contributed by atoms with Crippen LogP contribution in [0.5, 0.6) is 0 Å². The summed E-state index contributed by atoms with van der Waals surface area (Å²) in [7, 11) is 0. The molecule has 0 heterocycles. The Labute approximate surface area is 115 Å². The zero-order valence-corrected chi connectivity index (χ0v) is 12.1. The van der Waals surface area contributed by atoms with E-state index in [-0.39, 0.29) is 0 Å². The number of benzene rings is 1. The second-order valence-corrected chi connectivity index (χ2v) is 5.23. The van der Waals surface area contributed by atoms with Gasteiger partial charge in [-0.25, -0.2) is 0 Å². The molecule has 1 unspecified atom stereocenters. The van der Waals surface area contributed by atoms with E-state index in [0.29, 0.717) is 16.0 Å². The van der Waals surface area contributed by atoms with Crippen LogP contribution in [0, 0.1) is 5.92 Å². The first-order valence-electron chi connectivity index (χ1n) is 6.32. The van der Waals surface area contributed by atoms with E-state index in [1.54, 1.807) is 0 Å². The van der Waals surface area contributed by atoms with E-state index in [1.165, 1.54) is 18.4 Å². The minimum atomic E-state index is 0.633. The summed E-state index contributed by atoms with van der Waals surface area (Å²) in [6.07, 6.45) is 3.53. The molecule has 0 aliphatic carbocycles. The molecule has 0 aliphatic heterocycles. The van der Waals surface area contributed by atoms with Crippen LogP contribution in [0.2, 0.25) is 10.0 Å². The fourth-order valence-electron chi connectivity index (χ4n) is 2.03. The molecule has 96 valence electrons. The quantitative estimate of drug-likeness (QED) is 0.768. The molecule has 1 N–H and O–H groups in total. The summed E-state index contributed by atoms with van der Waals surface area (Å²) < 4.78 is 0. The van der Waals surface area contributed by atoms with Crippen LogP contribution in [0.15, 0.2) is 18.2 Å². The van der Waals surface area contributed by atoms with Crippen LogP contribution in [0.4, 0.5) is 0 Å². The van der Waals surface area contributed by atoms with Crippen LogP contribution in [0.1, 0.15) is 32.3 Å². The van der Waals surface area contributed by atoms with Gasteiger partial charge in [0, 0.05) is 0 Å². The Kier molecular flexibility index (Phi) is 6.94. The maximum Gasteiger partial charge on any atom is 0.0595 e. The zero-order valence-electron chi connectivity index (χ0n) is 10.6. The SMILES string of the molecule is CCCC(CNCC)Cc1ccc(Cl)c(Cl)c1. The Hall–Kier alpha value is -0.240. The maximum absolute atomic E-state index is 6.03. The highest BCUT2D eigenvalue weighted by Gasteiger charge is 2.09. The molecule has 0 saturated heterocycles. The minimum absolute atomic E-state index is 0.633. The minimum Gasteiger partial charge on any atom is -0.317 e. The second kappa shape index (κ2) is 7.97. The first-order valence-corrected chi connectivity index (χ1v) is 7.07. The van der Waals surface area contributed by atoms with Crippen molar-refractivity contribution in [3.63, 3.8) is 0 Å². The van der Waals surface area contributed by atoms with Crippen LogP contribution in [0.3, 0.4) is 0 Å². The summed E-state index contributed by atoms with van der Waals surface area (Å²) in [6, 6.07) is 5.94. The second-order valence-electron chi connectivity index (χ2n) is 4.41. The Morgan fingerprint density at radius 3 is 2.53 bits per heavy atom. The Bertz CT molecular complexity index is 339. The predicted octanol–water partition coefficient (Wildman–Crippen LogP) is 4.56. The largest absolute Gasteiger partial charge is 0.317 e. The third-order valence-electron chi connectivity index (χ3n) is 2.89. The van der Waals surface area contributed by atoms with Gasteiger partial charge in [-0.2, -0.15) is 0 Å². The van der Waals surface area contributed by atoms with Crippen molar-refractivity contribution < 1.29 is 0 Å². The molecule has 0 amide bonds. The van der Waals surface area contributed by atoms with Gasteiger partial charge in [0.05, 0.1) is 10.0 Å². The van der Waals surface area contributed by atoms with Gasteiger partial charge in [-0.1, -0.05) is 49.5 Å². The fraction of sp³-hybridized carbons (Fsp3) is 0.571. The van der Waals surface area contributed by atoms with E-state index in [2.05, 4.69) is 25.2 Å². The molecule has 17 heavy (non-hydrogen) atoms. The lowest BCUT2D eigenvalue weighted by molar-refractivity contribution is 0.444. The van der Waals surface area contributed by atoms with Crippen molar-refractivity contribution in [3.8, 4) is 0 Å². The van der Waals surface area contributed by atoms with Crippen molar-refractivity contribution >= 4 is 23.2 Å². The highest BCUT2D eigenvalue weighted by Crippen LogP contribution is 2.24. The lowest BCUT2D eigenvalue weighted by Gasteiger charge is -2.16. The first-order chi connectivity index (χ1) is 8.17. The molecule has 1 aromatic rings. The van der Waals surface area contributed by atoms with E-state index in [9.17, 15) is 0 Å². The molecule has 0 radical (unpaired) electrons. The number of nitrogens with one attached hydrogen (secondary N) is 1. The number of rotatable bonds is 7. The standard InChI is InChI=1S/C14H21Cl2N/c1-3-5-12(10-17-4-2)8-11-6-7-13(15)14(16)9-11/h6-7,9,12,17H,3-5,8,10H2,1-2H3. The van der Waals surface area contributed by atoms with Crippen LogP contribution in [-0.2, 0) is 6.42 Å². The lowest BCUT2D eigenvalue weighted by atomic mass is 9.95. The van der Waals surface area contributed by atoms with Crippen LogP contribution in [0.25, 0.3) is 0 Å². The summed E-state index contributed by atoms with van der Waals surface area (Å²) in [5.41, 5.74) is 1.27. The van der Waals surface area contributed by atoms with Gasteiger partial charge >= 0.3 is 0 Å². The average molecular weight is 274 g/mol. The summed E-state index contributed by atoms with van der Waals surface area (Å²) in [6.45, 7) is 6.47.